The third kappa shape index (κ3) is 3.67. The summed E-state index contributed by atoms with van der Waals surface area (Å²) in [6.07, 6.45) is 2.12. The fourth-order valence-corrected chi connectivity index (χ4v) is 4.87. The molecule has 2 heterocycles. The molecule has 0 aromatic heterocycles. The molecule has 2 aromatic rings. The van der Waals surface area contributed by atoms with Crippen LogP contribution >= 0.6 is 11.8 Å². The lowest BCUT2D eigenvalue weighted by Gasteiger charge is -2.29. The van der Waals surface area contributed by atoms with Crippen molar-refractivity contribution >= 4 is 29.3 Å². The Morgan fingerprint density at radius 1 is 1.26 bits per heavy atom. The average Bonchev–Trinajstić information content (AvgIpc) is 3.18. The van der Waals surface area contributed by atoms with Crippen molar-refractivity contribution in [3.8, 4) is 5.75 Å². The number of nitrogens with one attached hydrogen (secondary N) is 1. The molecule has 0 unspecified atom stereocenters. The molecule has 0 saturated carbocycles. The van der Waals surface area contributed by atoms with Crippen LogP contribution in [0, 0.1) is 0 Å². The van der Waals surface area contributed by atoms with Crippen molar-refractivity contribution in [1.29, 1.82) is 0 Å². The van der Waals surface area contributed by atoms with Crippen molar-refractivity contribution in [3.63, 3.8) is 0 Å². The minimum atomic E-state index is -0.390. The van der Waals surface area contributed by atoms with Crippen LogP contribution in [0.2, 0.25) is 0 Å². The Balaban J connectivity index is 1.48. The maximum absolute atomic E-state index is 13.0. The zero-order valence-corrected chi connectivity index (χ0v) is 16.0. The Kier molecular flexibility index (Phi) is 5.07. The highest BCUT2D eigenvalue weighted by Crippen LogP contribution is 2.39. The summed E-state index contributed by atoms with van der Waals surface area (Å²) in [5.74, 6) is 0.738. The van der Waals surface area contributed by atoms with Crippen molar-refractivity contribution in [2.45, 2.75) is 35.4 Å². The predicted octanol–water partition coefficient (Wildman–Crippen LogP) is 3.86. The van der Waals surface area contributed by atoms with Gasteiger partial charge in [0.05, 0.1) is 24.1 Å². The first-order valence-electron chi connectivity index (χ1n) is 9.15. The van der Waals surface area contributed by atoms with Gasteiger partial charge in [0.15, 0.2) is 0 Å². The number of amides is 2. The molecular formula is C21H22N2O3S. The monoisotopic (exact) mass is 382 g/mol. The number of para-hydroxylation sites is 1. The summed E-state index contributed by atoms with van der Waals surface area (Å²) in [5, 5.41) is 2.53. The lowest BCUT2D eigenvalue weighted by molar-refractivity contribution is -0.133. The number of rotatable bonds is 4. The lowest BCUT2D eigenvalue weighted by atomic mass is 10.0. The van der Waals surface area contributed by atoms with Gasteiger partial charge >= 0.3 is 0 Å². The quantitative estimate of drug-likeness (QED) is 0.872. The van der Waals surface area contributed by atoms with E-state index in [0.29, 0.717) is 0 Å². The molecule has 2 aromatic carbocycles. The fourth-order valence-electron chi connectivity index (χ4n) is 3.76. The average molecular weight is 382 g/mol. The molecule has 1 fully saturated rings. The number of carbonyl (C=O) groups is 2. The SMILES string of the molecule is COc1cccc([C@@H]2CCCN2C(=O)C[C@@H]2Sc3ccccc3NC2=O)c1. The first-order chi connectivity index (χ1) is 13.2. The lowest BCUT2D eigenvalue weighted by Crippen LogP contribution is -2.37. The van der Waals surface area contributed by atoms with E-state index in [1.807, 2.05) is 53.4 Å². The highest BCUT2D eigenvalue weighted by Gasteiger charge is 2.35. The summed E-state index contributed by atoms with van der Waals surface area (Å²) in [6.45, 7) is 0.732. The van der Waals surface area contributed by atoms with Gasteiger partial charge < -0.3 is 15.0 Å². The molecule has 27 heavy (non-hydrogen) atoms. The number of fused-ring (bicyclic) bond motifs is 1. The van der Waals surface area contributed by atoms with E-state index < -0.39 is 0 Å². The Hall–Kier alpha value is -2.47. The van der Waals surface area contributed by atoms with Gasteiger partial charge in [-0.3, -0.25) is 9.59 Å². The zero-order chi connectivity index (χ0) is 18.8. The van der Waals surface area contributed by atoms with Crippen LogP contribution in [0.3, 0.4) is 0 Å². The van der Waals surface area contributed by atoms with Crippen molar-refractivity contribution in [2.24, 2.45) is 0 Å². The van der Waals surface area contributed by atoms with Crippen molar-refractivity contribution in [1.82, 2.24) is 4.90 Å². The number of benzene rings is 2. The number of hydrogen-bond donors (Lipinski definition) is 1. The van der Waals surface area contributed by atoms with E-state index in [9.17, 15) is 9.59 Å². The molecule has 140 valence electrons. The van der Waals surface area contributed by atoms with E-state index >= 15 is 0 Å². The normalized spacial score (nSPS) is 21.5. The van der Waals surface area contributed by atoms with Gasteiger partial charge in [-0.05, 0) is 42.7 Å². The maximum Gasteiger partial charge on any atom is 0.238 e. The molecule has 2 aliphatic rings. The maximum atomic E-state index is 13.0. The van der Waals surface area contributed by atoms with Gasteiger partial charge in [-0.1, -0.05) is 24.3 Å². The molecule has 2 aliphatic heterocycles. The number of methoxy groups -OCH3 is 1. The van der Waals surface area contributed by atoms with Gasteiger partial charge in [-0.2, -0.15) is 0 Å². The highest BCUT2D eigenvalue weighted by atomic mass is 32.2. The second-order valence-corrected chi connectivity index (χ2v) is 8.06. The van der Waals surface area contributed by atoms with Crippen LogP contribution in [0.1, 0.15) is 30.9 Å². The van der Waals surface area contributed by atoms with Crippen molar-refractivity contribution in [2.75, 3.05) is 19.0 Å². The summed E-state index contributed by atoms with van der Waals surface area (Å²) < 4.78 is 5.32. The zero-order valence-electron chi connectivity index (χ0n) is 15.2. The first-order valence-corrected chi connectivity index (χ1v) is 10.0. The summed E-state index contributed by atoms with van der Waals surface area (Å²) in [5.41, 5.74) is 1.91. The number of hydrogen-bond acceptors (Lipinski definition) is 4. The standard InChI is InChI=1S/C21H22N2O3S/c1-26-15-7-4-6-14(12-15)17-9-5-11-23(17)20(24)13-19-21(25)22-16-8-2-3-10-18(16)27-19/h2-4,6-8,10,12,17,19H,5,9,11,13H2,1H3,(H,22,25)/t17-,19-/m0/s1. The number of likely N-dealkylation sites (tertiary alicyclic amines) is 1. The Bertz CT molecular complexity index is 870. The number of anilines is 1. The number of ether oxygens (including phenoxy) is 1. The van der Waals surface area contributed by atoms with Crippen LogP contribution < -0.4 is 10.1 Å². The molecule has 4 rings (SSSR count). The van der Waals surface area contributed by atoms with Crippen LogP contribution in [0.25, 0.3) is 0 Å². The molecule has 0 spiro atoms. The molecule has 0 aliphatic carbocycles. The third-order valence-electron chi connectivity index (χ3n) is 5.12. The van der Waals surface area contributed by atoms with Crippen LogP contribution in [0.5, 0.6) is 5.75 Å². The van der Waals surface area contributed by atoms with Gasteiger partial charge in [0.1, 0.15) is 5.75 Å². The molecule has 0 radical (unpaired) electrons. The topological polar surface area (TPSA) is 58.6 Å². The summed E-state index contributed by atoms with van der Waals surface area (Å²) in [6, 6.07) is 15.7. The van der Waals surface area contributed by atoms with Crippen LogP contribution in [0.15, 0.2) is 53.4 Å². The Morgan fingerprint density at radius 2 is 2.11 bits per heavy atom. The third-order valence-corrected chi connectivity index (χ3v) is 6.39. The second kappa shape index (κ2) is 7.64. The molecule has 1 saturated heterocycles. The van der Waals surface area contributed by atoms with Crippen LogP contribution in [-0.2, 0) is 9.59 Å². The van der Waals surface area contributed by atoms with E-state index in [1.54, 1.807) is 7.11 Å². The van der Waals surface area contributed by atoms with Gasteiger partial charge in [0.25, 0.3) is 0 Å². The van der Waals surface area contributed by atoms with E-state index in [0.717, 1.165) is 41.3 Å². The molecule has 6 heteroatoms. The number of thioether (sulfide) groups is 1. The first kappa shape index (κ1) is 17.9. The summed E-state index contributed by atoms with van der Waals surface area (Å²) >= 11 is 1.48. The molecule has 5 nitrogen and oxygen atoms in total. The predicted molar refractivity (Wildman–Crippen MR) is 106 cm³/mol. The van der Waals surface area contributed by atoms with Gasteiger partial charge in [-0.25, -0.2) is 0 Å². The molecule has 2 atom stereocenters. The van der Waals surface area contributed by atoms with E-state index in [1.165, 1.54) is 11.8 Å². The Labute approximate surface area is 163 Å². The molecule has 0 bridgehead atoms. The second-order valence-electron chi connectivity index (χ2n) is 6.82. The molecule has 1 N–H and O–H groups in total. The summed E-state index contributed by atoms with van der Waals surface area (Å²) in [4.78, 5) is 28.4. The van der Waals surface area contributed by atoms with Crippen molar-refractivity contribution in [3.05, 3.63) is 54.1 Å². The van der Waals surface area contributed by atoms with E-state index in [-0.39, 0.29) is 29.5 Å². The Morgan fingerprint density at radius 3 is 2.96 bits per heavy atom. The largest absolute Gasteiger partial charge is 0.497 e. The minimum Gasteiger partial charge on any atom is -0.497 e. The van der Waals surface area contributed by atoms with Crippen LogP contribution in [-0.4, -0.2) is 35.6 Å². The number of carbonyl (C=O) groups excluding carboxylic acids is 2. The minimum absolute atomic E-state index is 0.0346. The van der Waals surface area contributed by atoms with Crippen molar-refractivity contribution < 1.29 is 14.3 Å². The number of nitrogens with zero attached hydrogens (tertiary/aromatic N) is 1. The van der Waals surface area contributed by atoms with Gasteiger partial charge in [0, 0.05) is 17.9 Å². The summed E-state index contributed by atoms with van der Waals surface area (Å²) in [7, 11) is 1.65. The van der Waals surface area contributed by atoms with Gasteiger partial charge in [-0.15, -0.1) is 11.8 Å². The molecular weight excluding hydrogens is 360 g/mol. The van der Waals surface area contributed by atoms with E-state index in [4.69, 9.17) is 4.74 Å². The van der Waals surface area contributed by atoms with Crippen LogP contribution in [0.4, 0.5) is 5.69 Å². The smallest absolute Gasteiger partial charge is 0.238 e. The van der Waals surface area contributed by atoms with Gasteiger partial charge in [0.2, 0.25) is 11.8 Å². The fraction of sp³-hybridized carbons (Fsp3) is 0.333. The highest BCUT2D eigenvalue weighted by molar-refractivity contribution is 8.01. The van der Waals surface area contributed by atoms with E-state index in [2.05, 4.69) is 5.32 Å². The molecule has 2 amide bonds.